The van der Waals surface area contributed by atoms with Gasteiger partial charge in [0.1, 0.15) is 0 Å². The van der Waals surface area contributed by atoms with E-state index in [1.165, 1.54) is 13.5 Å². The molecule has 2 fully saturated rings. The lowest BCUT2D eigenvalue weighted by Crippen LogP contribution is -2.17. The molecule has 2 saturated carbocycles. The van der Waals surface area contributed by atoms with Gasteiger partial charge in [0.25, 0.3) is 0 Å². The molecule has 0 radical (unpaired) electrons. The molecule has 0 aliphatic heterocycles. The Morgan fingerprint density at radius 1 is 1.19 bits per heavy atom. The Morgan fingerprint density at radius 2 is 2.03 bits per heavy atom. The number of methoxy groups -OCH3 is 1. The van der Waals surface area contributed by atoms with Gasteiger partial charge in [-0.25, -0.2) is 4.79 Å². The maximum absolute atomic E-state index is 12.8. The van der Waals surface area contributed by atoms with Crippen LogP contribution in [0.25, 0.3) is 11.1 Å². The summed E-state index contributed by atoms with van der Waals surface area (Å²) in [7, 11) is 1.36. The smallest absolute Gasteiger partial charge is 0.338 e. The Kier molecular flexibility index (Phi) is 5.47. The number of aromatic nitrogens is 2. The van der Waals surface area contributed by atoms with Gasteiger partial charge in [-0.3, -0.25) is 9.48 Å². The van der Waals surface area contributed by atoms with E-state index in [2.05, 4.69) is 10.4 Å². The highest BCUT2D eigenvalue weighted by Gasteiger charge is 2.44. The summed E-state index contributed by atoms with van der Waals surface area (Å²) in [6.45, 7) is 0. The summed E-state index contributed by atoms with van der Waals surface area (Å²) < 4.78 is 6.97. The van der Waals surface area contributed by atoms with E-state index in [0.29, 0.717) is 22.3 Å². The van der Waals surface area contributed by atoms with E-state index in [0.717, 1.165) is 36.0 Å². The largest absolute Gasteiger partial charge is 0.465 e. The van der Waals surface area contributed by atoms with Crippen LogP contribution in [-0.4, -0.2) is 28.8 Å². The Bertz CT molecular complexity index is 1180. The van der Waals surface area contributed by atoms with Crippen LogP contribution in [0, 0.1) is 5.92 Å². The summed E-state index contributed by atoms with van der Waals surface area (Å²) in [5, 5.41) is 8.10. The minimum Gasteiger partial charge on any atom is -0.465 e. The minimum absolute atomic E-state index is 0.0589. The van der Waals surface area contributed by atoms with Crippen molar-refractivity contribution in [2.24, 2.45) is 5.92 Å². The third kappa shape index (κ3) is 4.02. The fourth-order valence-electron chi connectivity index (χ4n) is 4.31. The van der Waals surface area contributed by atoms with Crippen molar-refractivity contribution in [1.82, 2.24) is 9.78 Å². The molecule has 2 unspecified atom stereocenters. The highest BCUT2D eigenvalue weighted by Crippen LogP contribution is 2.48. The van der Waals surface area contributed by atoms with Crippen LogP contribution in [0.2, 0.25) is 5.02 Å². The van der Waals surface area contributed by atoms with Crippen molar-refractivity contribution in [3.05, 3.63) is 71.0 Å². The molecule has 1 N–H and O–H groups in total. The van der Waals surface area contributed by atoms with Crippen LogP contribution in [0.5, 0.6) is 0 Å². The molecule has 164 valence electrons. The third-order valence-electron chi connectivity index (χ3n) is 6.46. The van der Waals surface area contributed by atoms with Gasteiger partial charge in [-0.1, -0.05) is 29.8 Å². The lowest BCUT2D eigenvalue weighted by molar-refractivity contribution is -0.117. The number of hydrogen-bond acceptors (Lipinski definition) is 4. The zero-order valence-electron chi connectivity index (χ0n) is 17.8. The lowest BCUT2D eigenvalue weighted by Gasteiger charge is -2.25. The van der Waals surface area contributed by atoms with Crippen molar-refractivity contribution in [3.63, 3.8) is 0 Å². The average Bonchev–Trinajstić information content (AvgIpc) is 3.43. The molecule has 7 heteroatoms. The molecular weight excluding hydrogens is 426 g/mol. The van der Waals surface area contributed by atoms with Crippen LogP contribution in [-0.2, 0) is 9.53 Å². The molecular formula is C25H24ClN3O3. The molecule has 3 aromatic rings. The molecule has 2 aromatic carbocycles. The van der Waals surface area contributed by atoms with Crippen molar-refractivity contribution in [2.75, 3.05) is 12.4 Å². The summed E-state index contributed by atoms with van der Waals surface area (Å²) in [6.07, 6.45) is 8.03. The van der Waals surface area contributed by atoms with Gasteiger partial charge in [0.15, 0.2) is 0 Å². The Labute approximate surface area is 191 Å². The van der Waals surface area contributed by atoms with Crippen molar-refractivity contribution < 1.29 is 14.3 Å². The van der Waals surface area contributed by atoms with Crippen LogP contribution in [0.4, 0.5) is 5.69 Å². The van der Waals surface area contributed by atoms with Gasteiger partial charge in [-0.2, -0.15) is 5.10 Å². The number of benzene rings is 2. The van der Waals surface area contributed by atoms with Gasteiger partial charge in [-0.15, -0.1) is 0 Å². The van der Waals surface area contributed by atoms with Gasteiger partial charge in [0.05, 0.1) is 24.9 Å². The molecule has 1 amide bonds. The molecule has 2 aliphatic carbocycles. The van der Waals surface area contributed by atoms with Gasteiger partial charge in [0.2, 0.25) is 5.91 Å². The summed E-state index contributed by atoms with van der Waals surface area (Å²) in [4.78, 5) is 25.3. The molecule has 6 nitrogen and oxygen atoms in total. The predicted molar refractivity (Wildman–Crippen MR) is 123 cm³/mol. The second kappa shape index (κ2) is 8.43. The molecule has 0 bridgehead atoms. The molecule has 1 aromatic heterocycles. The summed E-state index contributed by atoms with van der Waals surface area (Å²) in [5.41, 5.74) is 3.65. The third-order valence-corrected chi connectivity index (χ3v) is 6.69. The van der Waals surface area contributed by atoms with E-state index in [1.807, 2.05) is 47.3 Å². The van der Waals surface area contributed by atoms with Crippen molar-refractivity contribution in [1.29, 1.82) is 0 Å². The van der Waals surface area contributed by atoms with Crippen molar-refractivity contribution in [2.45, 2.75) is 37.6 Å². The quantitative estimate of drug-likeness (QED) is 0.507. The number of hydrogen-bond donors (Lipinski definition) is 1. The molecule has 5 rings (SSSR count). The minimum atomic E-state index is -0.448. The zero-order valence-corrected chi connectivity index (χ0v) is 18.5. The van der Waals surface area contributed by atoms with Gasteiger partial charge in [0, 0.05) is 28.4 Å². The number of anilines is 1. The first-order valence-electron chi connectivity index (χ1n) is 10.9. The fourth-order valence-corrected chi connectivity index (χ4v) is 4.50. The summed E-state index contributed by atoms with van der Waals surface area (Å²) >= 11 is 6.08. The first-order valence-corrected chi connectivity index (χ1v) is 11.2. The monoisotopic (exact) mass is 449 g/mol. The molecule has 2 atom stereocenters. The molecule has 2 aliphatic rings. The molecule has 0 spiro atoms. The van der Waals surface area contributed by atoms with Gasteiger partial charge >= 0.3 is 5.97 Å². The molecule has 0 saturated heterocycles. The van der Waals surface area contributed by atoms with E-state index in [4.69, 9.17) is 16.3 Å². The maximum Gasteiger partial charge on any atom is 0.338 e. The topological polar surface area (TPSA) is 73.2 Å². The number of nitrogens with one attached hydrogen (secondary N) is 1. The number of nitrogens with zero attached hydrogens (tertiary/aromatic N) is 2. The van der Waals surface area contributed by atoms with Crippen molar-refractivity contribution >= 4 is 29.2 Å². The normalized spacial score (nSPS) is 19.8. The van der Waals surface area contributed by atoms with Gasteiger partial charge in [-0.05, 0) is 67.0 Å². The van der Waals surface area contributed by atoms with Gasteiger partial charge < -0.3 is 10.1 Å². The Morgan fingerprint density at radius 3 is 2.75 bits per heavy atom. The Balaban J connectivity index is 1.34. The SMILES string of the molecule is COC(=O)c1cc(NC(=O)C2CC2c2cccc(Cl)c2)ccc1-c1cnn(C2CCC2)c1. The lowest BCUT2D eigenvalue weighted by atomic mass is 9.93. The first kappa shape index (κ1) is 20.8. The second-order valence-corrected chi connectivity index (χ2v) is 8.98. The van der Waals surface area contributed by atoms with Crippen molar-refractivity contribution in [3.8, 4) is 11.1 Å². The van der Waals surface area contributed by atoms with E-state index in [1.54, 1.807) is 12.3 Å². The average molecular weight is 450 g/mol. The number of esters is 1. The molecule has 32 heavy (non-hydrogen) atoms. The highest BCUT2D eigenvalue weighted by atomic mass is 35.5. The number of rotatable bonds is 6. The van der Waals surface area contributed by atoms with E-state index >= 15 is 0 Å². The number of ether oxygens (including phenoxy) is 1. The maximum atomic E-state index is 12.8. The van der Waals surface area contributed by atoms with Crippen LogP contribution in [0.15, 0.2) is 54.9 Å². The highest BCUT2D eigenvalue weighted by molar-refractivity contribution is 6.30. The number of carbonyl (C=O) groups excluding carboxylic acids is 2. The number of halogens is 1. The number of amides is 1. The van der Waals surface area contributed by atoms with Crippen LogP contribution in [0.3, 0.4) is 0 Å². The zero-order chi connectivity index (χ0) is 22.2. The van der Waals surface area contributed by atoms with Crippen LogP contribution >= 0.6 is 11.6 Å². The Hall–Kier alpha value is -3.12. The van der Waals surface area contributed by atoms with E-state index in [9.17, 15) is 9.59 Å². The predicted octanol–water partition coefficient (Wildman–Crippen LogP) is 5.46. The van der Waals surface area contributed by atoms with Crippen LogP contribution in [0.1, 0.15) is 53.6 Å². The summed E-state index contributed by atoms with van der Waals surface area (Å²) in [5.74, 6) is -0.437. The fraction of sp³-hybridized carbons (Fsp3) is 0.320. The summed E-state index contributed by atoms with van der Waals surface area (Å²) in [6, 6.07) is 13.4. The van der Waals surface area contributed by atoms with Crippen LogP contribution < -0.4 is 5.32 Å². The first-order chi connectivity index (χ1) is 15.5. The standard InChI is InChI=1S/C25H24ClN3O3/c1-32-25(31)23-11-18(8-9-20(23)16-13-27-29(14-16)19-6-3-7-19)28-24(30)22-12-21(22)15-4-2-5-17(26)10-15/h2,4-5,8-11,13-14,19,21-22H,3,6-7,12H2,1H3,(H,28,30). The van der Waals surface area contributed by atoms with E-state index < -0.39 is 5.97 Å². The number of carbonyl (C=O) groups is 2. The second-order valence-electron chi connectivity index (χ2n) is 8.54. The molecule has 1 heterocycles. The van der Waals surface area contributed by atoms with E-state index in [-0.39, 0.29) is 17.7 Å².